The van der Waals surface area contributed by atoms with Crippen LogP contribution in [-0.2, 0) is 6.54 Å². The smallest absolute Gasteiger partial charge is 0.255 e. The summed E-state index contributed by atoms with van der Waals surface area (Å²) in [4.78, 5) is 16.9. The Morgan fingerprint density at radius 1 is 1.18 bits per heavy atom. The molecule has 1 fully saturated rings. The summed E-state index contributed by atoms with van der Waals surface area (Å²) < 4.78 is 7.67. The molecule has 7 nitrogen and oxygen atoms in total. The average molecular weight is 378 g/mol. The SMILES string of the molecule is O=C(N[C@@H]1CC(Cn2cccn2)C[C@H]1O)c1ccncc1Oc1ccccc1. The van der Waals surface area contributed by atoms with Gasteiger partial charge >= 0.3 is 0 Å². The molecule has 2 N–H and O–H groups in total. The topological polar surface area (TPSA) is 89.3 Å². The van der Waals surface area contributed by atoms with Crippen molar-refractivity contribution < 1.29 is 14.6 Å². The monoisotopic (exact) mass is 378 g/mol. The van der Waals surface area contributed by atoms with E-state index in [1.165, 1.54) is 6.20 Å². The molecule has 4 rings (SSSR count). The van der Waals surface area contributed by atoms with Crippen LogP contribution in [0.3, 0.4) is 0 Å². The third-order valence-corrected chi connectivity index (χ3v) is 4.95. The number of pyridine rings is 1. The van der Waals surface area contributed by atoms with Crippen LogP contribution in [0, 0.1) is 5.92 Å². The second-order valence-corrected chi connectivity index (χ2v) is 7.00. The highest BCUT2D eigenvalue weighted by molar-refractivity contribution is 5.97. The van der Waals surface area contributed by atoms with Gasteiger partial charge in [0.05, 0.1) is 23.9 Å². The summed E-state index contributed by atoms with van der Waals surface area (Å²) in [5.41, 5.74) is 0.390. The van der Waals surface area contributed by atoms with E-state index in [4.69, 9.17) is 4.74 Å². The maximum Gasteiger partial charge on any atom is 0.255 e. The number of carbonyl (C=O) groups excluding carboxylic acids is 1. The van der Waals surface area contributed by atoms with Crippen molar-refractivity contribution in [2.45, 2.75) is 31.5 Å². The number of aromatic nitrogens is 3. The van der Waals surface area contributed by atoms with E-state index in [1.54, 1.807) is 18.5 Å². The van der Waals surface area contributed by atoms with Crippen LogP contribution in [0.15, 0.2) is 67.3 Å². The Morgan fingerprint density at radius 2 is 2.04 bits per heavy atom. The second-order valence-electron chi connectivity index (χ2n) is 7.00. The highest BCUT2D eigenvalue weighted by Crippen LogP contribution is 2.29. The number of nitrogens with zero attached hydrogens (tertiary/aromatic N) is 3. The van der Waals surface area contributed by atoms with Crippen LogP contribution >= 0.6 is 0 Å². The van der Waals surface area contributed by atoms with Crippen molar-refractivity contribution in [2.24, 2.45) is 5.92 Å². The molecule has 2 aromatic heterocycles. The van der Waals surface area contributed by atoms with E-state index < -0.39 is 6.10 Å². The molecule has 2 heterocycles. The fourth-order valence-corrected chi connectivity index (χ4v) is 3.61. The lowest BCUT2D eigenvalue weighted by molar-refractivity contribution is 0.0870. The molecule has 0 aliphatic heterocycles. The zero-order chi connectivity index (χ0) is 19.3. The number of rotatable bonds is 6. The van der Waals surface area contributed by atoms with Crippen LogP contribution in [0.25, 0.3) is 0 Å². The third kappa shape index (κ3) is 4.20. The maximum atomic E-state index is 12.8. The molecular formula is C21H22N4O3. The first kappa shape index (κ1) is 18.2. The average Bonchev–Trinajstić information content (AvgIpc) is 3.33. The first-order chi connectivity index (χ1) is 13.7. The highest BCUT2D eigenvalue weighted by Gasteiger charge is 2.34. The number of hydrogen-bond donors (Lipinski definition) is 2. The van der Waals surface area contributed by atoms with Crippen LogP contribution in [0.1, 0.15) is 23.2 Å². The van der Waals surface area contributed by atoms with E-state index in [2.05, 4.69) is 15.4 Å². The number of benzene rings is 1. The van der Waals surface area contributed by atoms with Crippen LogP contribution in [0.4, 0.5) is 0 Å². The minimum Gasteiger partial charge on any atom is -0.455 e. The molecule has 1 aliphatic carbocycles. The molecule has 0 saturated heterocycles. The van der Waals surface area contributed by atoms with Crippen molar-refractivity contribution in [3.63, 3.8) is 0 Å². The third-order valence-electron chi connectivity index (χ3n) is 4.95. The molecule has 1 saturated carbocycles. The van der Waals surface area contributed by atoms with Crippen LogP contribution in [0.2, 0.25) is 0 Å². The van der Waals surface area contributed by atoms with Gasteiger partial charge in [0.1, 0.15) is 5.75 Å². The molecule has 0 bridgehead atoms. The predicted octanol–water partition coefficient (Wildman–Crippen LogP) is 2.64. The summed E-state index contributed by atoms with van der Waals surface area (Å²) in [6.07, 6.45) is 7.47. The Morgan fingerprint density at radius 3 is 2.82 bits per heavy atom. The quantitative estimate of drug-likeness (QED) is 0.688. The Balaban J connectivity index is 1.42. The first-order valence-corrected chi connectivity index (χ1v) is 9.32. The lowest BCUT2D eigenvalue weighted by atomic mass is 10.1. The van der Waals surface area contributed by atoms with Gasteiger partial charge < -0.3 is 15.2 Å². The molecule has 1 amide bonds. The lowest BCUT2D eigenvalue weighted by Crippen LogP contribution is -2.40. The van der Waals surface area contributed by atoms with Gasteiger partial charge in [0.25, 0.3) is 5.91 Å². The molecule has 1 aromatic carbocycles. The van der Waals surface area contributed by atoms with Gasteiger partial charge in [0.15, 0.2) is 5.75 Å². The molecule has 1 aliphatic rings. The summed E-state index contributed by atoms with van der Waals surface area (Å²) in [6.45, 7) is 0.730. The maximum absolute atomic E-state index is 12.8. The van der Waals surface area contributed by atoms with E-state index in [1.807, 2.05) is 47.3 Å². The van der Waals surface area contributed by atoms with E-state index in [9.17, 15) is 9.90 Å². The molecule has 3 aromatic rings. The van der Waals surface area contributed by atoms with Gasteiger partial charge in [-0.15, -0.1) is 0 Å². The van der Waals surface area contributed by atoms with Crippen molar-refractivity contribution in [3.05, 3.63) is 72.8 Å². The molecule has 7 heteroatoms. The standard InChI is InChI=1S/C21H22N4O3/c26-19-12-15(14-25-10-4-8-23-25)11-18(19)24-21(27)17-7-9-22-13-20(17)28-16-5-2-1-3-6-16/h1-10,13,15,18-19,26H,11-12,14H2,(H,24,27)/t15?,18-,19-/m1/s1. The van der Waals surface area contributed by atoms with Gasteiger partial charge in [-0.3, -0.25) is 14.5 Å². The summed E-state index contributed by atoms with van der Waals surface area (Å²) in [5, 5.41) is 17.6. The van der Waals surface area contributed by atoms with Gasteiger partial charge in [-0.25, -0.2) is 0 Å². The number of para-hydroxylation sites is 1. The number of hydrogen-bond acceptors (Lipinski definition) is 5. The predicted molar refractivity (Wildman–Crippen MR) is 103 cm³/mol. The van der Waals surface area contributed by atoms with E-state index in [0.717, 1.165) is 6.54 Å². The van der Waals surface area contributed by atoms with Crippen LogP contribution in [0.5, 0.6) is 11.5 Å². The summed E-state index contributed by atoms with van der Waals surface area (Å²) >= 11 is 0. The summed E-state index contributed by atoms with van der Waals surface area (Å²) in [7, 11) is 0. The van der Waals surface area contributed by atoms with Crippen molar-refractivity contribution in [3.8, 4) is 11.5 Å². The molecule has 3 atom stereocenters. The fourth-order valence-electron chi connectivity index (χ4n) is 3.61. The lowest BCUT2D eigenvalue weighted by Gasteiger charge is -2.18. The number of aliphatic hydroxyl groups is 1. The number of carbonyl (C=O) groups is 1. The van der Waals surface area contributed by atoms with E-state index >= 15 is 0 Å². The first-order valence-electron chi connectivity index (χ1n) is 9.32. The minimum absolute atomic E-state index is 0.262. The number of amides is 1. The Hall–Kier alpha value is -3.19. The molecule has 0 spiro atoms. The number of ether oxygens (including phenoxy) is 1. The number of aliphatic hydroxyl groups excluding tert-OH is 1. The van der Waals surface area contributed by atoms with Crippen LogP contribution in [-0.4, -0.2) is 37.9 Å². The van der Waals surface area contributed by atoms with Gasteiger partial charge in [-0.2, -0.15) is 5.10 Å². The van der Waals surface area contributed by atoms with Crippen molar-refractivity contribution in [2.75, 3.05) is 0 Å². The van der Waals surface area contributed by atoms with E-state index in [-0.39, 0.29) is 17.9 Å². The normalized spacial score (nSPS) is 21.4. The number of nitrogens with one attached hydrogen (secondary N) is 1. The van der Waals surface area contributed by atoms with Crippen molar-refractivity contribution in [1.29, 1.82) is 0 Å². The van der Waals surface area contributed by atoms with Gasteiger partial charge in [-0.1, -0.05) is 18.2 Å². The Bertz CT molecular complexity index is 914. The summed E-state index contributed by atoms with van der Waals surface area (Å²) in [6, 6.07) is 12.4. The zero-order valence-corrected chi connectivity index (χ0v) is 15.3. The molecular weight excluding hydrogens is 356 g/mol. The fraction of sp³-hybridized carbons (Fsp3) is 0.286. The van der Waals surface area contributed by atoms with Gasteiger partial charge in [-0.05, 0) is 43.0 Å². The van der Waals surface area contributed by atoms with Gasteiger partial charge in [0.2, 0.25) is 0 Å². The van der Waals surface area contributed by atoms with E-state index in [0.29, 0.717) is 29.9 Å². The molecule has 144 valence electrons. The highest BCUT2D eigenvalue weighted by atomic mass is 16.5. The Kier molecular flexibility index (Phi) is 5.34. The second kappa shape index (κ2) is 8.22. The zero-order valence-electron chi connectivity index (χ0n) is 15.3. The molecule has 1 unspecified atom stereocenters. The van der Waals surface area contributed by atoms with Gasteiger partial charge in [0, 0.05) is 25.1 Å². The molecule has 28 heavy (non-hydrogen) atoms. The van der Waals surface area contributed by atoms with Crippen molar-refractivity contribution in [1.82, 2.24) is 20.1 Å². The Labute approximate surface area is 163 Å². The van der Waals surface area contributed by atoms with Crippen molar-refractivity contribution >= 4 is 5.91 Å². The minimum atomic E-state index is -0.579. The summed E-state index contributed by atoms with van der Waals surface area (Å²) in [5.74, 6) is 0.992. The van der Waals surface area contributed by atoms with Crippen LogP contribution < -0.4 is 10.1 Å². The molecule has 0 radical (unpaired) electrons. The largest absolute Gasteiger partial charge is 0.455 e.